The normalized spacial score (nSPS) is 31.9. The van der Waals surface area contributed by atoms with Gasteiger partial charge in [0.25, 0.3) is 0 Å². The van der Waals surface area contributed by atoms with Crippen LogP contribution in [0.4, 0.5) is 0 Å². The number of piperazine rings is 1. The molecule has 1 saturated heterocycles. The molecule has 1 N–H and O–H groups in total. The van der Waals surface area contributed by atoms with Crippen LogP contribution in [0.1, 0.15) is 38.5 Å². The van der Waals surface area contributed by atoms with E-state index < -0.39 is 0 Å². The number of hydrogen-bond acceptors (Lipinski definition) is 3. The minimum atomic E-state index is 0.349. The summed E-state index contributed by atoms with van der Waals surface area (Å²) >= 11 is 5.47. The van der Waals surface area contributed by atoms with Crippen LogP contribution in [0.2, 0.25) is 0 Å². The summed E-state index contributed by atoms with van der Waals surface area (Å²) < 4.78 is 1.25. The summed E-state index contributed by atoms with van der Waals surface area (Å²) in [5.74, 6) is 1.60. The Morgan fingerprint density at radius 2 is 2.20 bits per heavy atom. The van der Waals surface area contributed by atoms with Crippen molar-refractivity contribution in [1.29, 1.82) is 0 Å². The van der Waals surface area contributed by atoms with Crippen LogP contribution in [0.25, 0.3) is 0 Å². The van der Waals surface area contributed by atoms with E-state index in [1.807, 2.05) is 11.3 Å². The Balaban J connectivity index is 1.77. The number of thiophene rings is 1. The lowest BCUT2D eigenvalue weighted by Crippen LogP contribution is -2.65. The van der Waals surface area contributed by atoms with Crippen molar-refractivity contribution in [2.24, 2.45) is 11.8 Å². The van der Waals surface area contributed by atoms with E-state index in [0.717, 1.165) is 19.0 Å². The van der Waals surface area contributed by atoms with Gasteiger partial charge in [-0.05, 0) is 59.7 Å². The van der Waals surface area contributed by atoms with Crippen molar-refractivity contribution in [1.82, 2.24) is 10.2 Å². The summed E-state index contributed by atoms with van der Waals surface area (Å²) in [6.07, 6.45) is 2.82. The van der Waals surface area contributed by atoms with E-state index in [-0.39, 0.29) is 0 Å². The molecule has 4 heteroatoms. The van der Waals surface area contributed by atoms with Crippen molar-refractivity contribution in [2.75, 3.05) is 13.1 Å². The zero-order valence-corrected chi connectivity index (χ0v) is 15.1. The lowest BCUT2D eigenvalue weighted by molar-refractivity contribution is 0.0194. The molecule has 0 bridgehead atoms. The molecule has 1 saturated carbocycles. The van der Waals surface area contributed by atoms with Crippen molar-refractivity contribution in [3.8, 4) is 0 Å². The molecule has 3 rings (SSSR count). The lowest BCUT2D eigenvalue weighted by Gasteiger charge is -2.49. The van der Waals surface area contributed by atoms with Crippen molar-refractivity contribution in [3.63, 3.8) is 0 Å². The highest BCUT2D eigenvalue weighted by Crippen LogP contribution is 2.45. The predicted octanol–water partition coefficient (Wildman–Crippen LogP) is 4.11. The van der Waals surface area contributed by atoms with E-state index in [1.54, 1.807) is 0 Å². The first-order valence-corrected chi connectivity index (χ1v) is 9.32. The van der Waals surface area contributed by atoms with Crippen LogP contribution in [0.3, 0.4) is 0 Å². The maximum atomic E-state index is 3.80. The zero-order chi connectivity index (χ0) is 14.3. The molecule has 2 aliphatic rings. The topological polar surface area (TPSA) is 15.3 Å². The second-order valence-electron chi connectivity index (χ2n) is 6.95. The highest BCUT2D eigenvalue weighted by atomic mass is 79.9. The van der Waals surface area contributed by atoms with Gasteiger partial charge in [-0.1, -0.05) is 13.8 Å². The fraction of sp³-hybridized carbons (Fsp3) is 0.750. The molecule has 0 radical (unpaired) electrons. The third kappa shape index (κ3) is 2.99. The Kier molecular flexibility index (Phi) is 4.29. The van der Waals surface area contributed by atoms with E-state index >= 15 is 0 Å². The molecule has 2 heterocycles. The molecule has 1 aromatic heterocycles. The molecular formula is C16H25BrN2S. The standard InChI is InChI=1S/C16H25BrN2S/c1-11(2)14-9-19(8-13-6-7-15(17)20-13)16(3,10-18-14)12-4-5-12/h6-7,11-12,14,18H,4-5,8-10H2,1-3H3. The van der Waals surface area contributed by atoms with E-state index in [4.69, 9.17) is 0 Å². The summed E-state index contributed by atoms with van der Waals surface area (Å²) in [5.41, 5.74) is 0.349. The van der Waals surface area contributed by atoms with Gasteiger partial charge in [0.1, 0.15) is 0 Å². The summed E-state index contributed by atoms with van der Waals surface area (Å²) in [4.78, 5) is 4.23. The average Bonchev–Trinajstić information content (AvgIpc) is 3.17. The van der Waals surface area contributed by atoms with Crippen LogP contribution < -0.4 is 5.32 Å². The third-order valence-electron chi connectivity index (χ3n) is 5.10. The van der Waals surface area contributed by atoms with Gasteiger partial charge in [0.05, 0.1) is 3.79 Å². The molecule has 0 spiro atoms. The van der Waals surface area contributed by atoms with Gasteiger partial charge in [-0.25, -0.2) is 0 Å². The number of nitrogens with one attached hydrogen (secondary N) is 1. The predicted molar refractivity (Wildman–Crippen MR) is 90.2 cm³/mol. The van der Waals surface area contributed by atoms with E-state index in [0.29, 0.717) is 17.5 Å². The van der Waals surface area contributed by atoms with Crippen molar-refractivity contribution in [2.45, 2.75) is 51.7 Å². The largest absolute Gasteiger partial charge is 0.311 e. The van der Waals surface area contributed by atoms with Crippen molar-refractivity contribution < 1.29 is 0 Å². The Bertz CT molecular complexity index is 469. The minimum absolute atomic E-state index is 0.349. The number of halogens is 1. The molecule has 2 atom stereocenters. The molecule has 2 nitrogen and oxygen atoms in total. The van der Waals surface area contributed by atoms with Crippen LogP contribution in [-0.4, -0.2) is 29.6 Å². The number of rotatable bonds is 4. The molecular weight excluding hydrogens is 332 g/mol. The minimum Gasteiger partial charge on any atom is -0.311 e. The Morgan fingerprint density at radius 1 is 1.45 bits per heavy atom. The van der Waals surface area contributed by atoms with Crippen molar-refractivity contribution >= 4 is 27.3 Å². The van der Waals surface area contributed by atoms with E-state index in [2.05, 4.69) is 59.1 Å². The molecule has 2 fully saturated rings. The smallest absolute Gasteiger partial charge is 0.0701 e. The van der Waals surface area contributed by atoms with Gasteiger partial charge in [-0.2, -0.15) is 0 Å². The first-order valence-electron chi connectivity index (χ1n) is 7.71. The maximum Gasteiger partial charge on any atom is 0.0701 e. The van der Waals surface area contributed by atoms with Crippen molar-refractivity contribution in [3.05, 3.63) is 20.8 Å². The zero-order valence-electron chi connectivity index (χ0n) is 12.7. The summed E-state index contributed by atoms with van der Waals surface area (Å²) in [7, 11) is 0. The number of nitrogens with zero attached hydrogens (tertiary/aromatic N) is 1. The van der Waals surface area contributed by atoms with Crippen LogP contribution in [0.5, 0.6) is 0 Å². The Hall–Kier alpha value is 0.1000. The summed E-state index contributed by atoms with van der Waals surface area (Å²) in [5, 5.41) is 3.80. The second-order valence-corrected chi connectivity index (χ2v) is 9.50. The van der Waals surface area contributed by atoms with Gasteiger partial charge >= 0.3 is 0 Å². The van der Waals surface area contributed by atoms with Gasteiger partial charge in [0.15, 0.2) is 0 Å². The van der Waals surface area contributed by atoms with Gasteiger partial charge in [0, 0.05) is 36.1 Å². The molecule has 112 valence electrons. The SMILES string of the molecule is CC(C)C1CN(Cc2ccc(Br)s2)C(C)(C2CC2)CN1. The highest BCUT2D eigenvalue weighted by molar-refractivity contribution is 9.11. The lowest BCUT2D eigenvalue weighted by atomic mass is 9.87. The summed E-state index contributed by atoms with van der Waals surface area (Å²) in [6.45, 7) is 10.6. The van der Waals surface area contributed by atoms with Gasteiger partial charge in [0.2, 0.25) is 0 Å². The highest BCUT2D eigenvalue weighted by Gasteiger charge is 2.48. The first kappa shape index (κ1) is 15.0. The molecule has 1 aliphatic heterocycles. The number of hydrogen-bond donors (Lipinski definition) is 1. The monoisotopic (exact) mass is 356 g/mol. The van der Waals surface area contributed by atoms with Crippen LogP contribution in [0, 0.1) is 11.8 Å². The Labute approximate surface area is 135 Å². The fourth-order valence-electron chi connectivity index (χ4n) is 3.38. The average molecular weight is 357 g/mol. The fourth-order valence-corrected chi connectivity index (χ4v) is 4.88. The molecule has 0 amide bonds. The van der Waals surface area contributed by atoms with Gasteiger partial charge < -0.3 is 5.32 Å². The molecule has 1 aromatic rings. The van der Waals surface area contributed by atoms with E-state index in [1.165, 1.54) is 28.0 Å². The first-order chi connectivity index (χ1) is 9.49. The quantitative estimate of drug-likeness (QED) is 0.873. The molecule has 1 aliphatic carbocycles. The third-order valence-corrected chi connectivity index (χ3v) is 6.71. The second kappa shape index (κ2) is 5.71. The molecule has 0 aromatic carbocycles. The van der Waals surface area contributed by atoms with E-state index in [9.17, 15) is 0 Å². The van der Waals surface area contributed by atoms with Crippen LogP contribution >= 0.6 is 27.3 Å². The van der Waals surface area contributed by atoms with Gasteiger partial charge in [-0.15, -0.1) is 11.3 Å². The maximum absolute atomic E-state index is 3.80. The molecule has 20 heavy (non-hydrogen) atoms. The summed E-state index contributed by atoms with van der Waals surface area (Å²) in [6, 6.07) is 5.08. The Morgan fingerprint density at radius 3 is 2.75 bits per heavy atom. The van der Waals surface area contributed by atoms with Crippen LogP contribution in [-0.2, 0) is 6.54 Å². The van der Waals surface area contributed by atoms with Crippen LogP contribution in [0.15, 0.2) is 15.9 Å². The van der Waals surface area contributed by atoms with Gasteiger partial charge in [-0.3, -0.25) is 4.90 Å². The molecule has 2 unspecified atom stereocenters.